The van der Waals surface area contributed by atoms with Crippen molar-refractivity contribution in [1.29, 1.82) is 0 Å². The van der Waals surface area contributed by atoms with Crippen LogP contribution in [0, 0.1) is 5.92 Å². The number of aromatic nitrogens is 9. The van der Waals surface area contributed by atoms with Crippen molar-refractivity contribution in [2.45, 2.75) is 32.9 Å². The molecule has 0 aliphatic carbocycles. The van der Waals surface area contributed by atoms with Crippen molar-refractivity contribution in [3.05, 3.63) is 60.8 Å². The molecule has 0 radical (unpaired) electrons. The van der Waals surface area contributed by atoms with Gasteiger partial charge in [0.15, 0.2) is 5.65 Å². The lowest BCUT2D eigenvalue weighted by Gasteiger charge is -2.34. The molecule has 0 bridgehead atoms. The second kappa shape index (κ2) is 12.1. The molecule has 5 aromatic rings. The molecule has 4 aromatic heterocycles. The van der Waals surface area contributed by atoms with Gasteiger partial charge in [-0.25, -0.2) is 24.6 Å². The summed E-state index contributed by atoms with van der Waals surface area (Å²) in [7, 11) is 1.88. The monoisotopic (exact) mass is 592 g/mol. The first-order valence-electron chi connectivity index (χ1n) is 15.2. The predicted octanol–water partition coefficient (Wildman–Crippen LogP) is 2.66. The summed E-state index contributed by atoms with van der Waals surface area (Å²) in [6.07, 6.45) is 11.4. The Balaban J connectivity index is 0.973. The molecule has 7 rings (SSSR count). The van der Waals surface area contributed by atoms with Crippen LogP contribution in [-0.2, 0) is 24.9 Å². The van der Waals surface area contributed by atoms with Crippen LogP contribution >= 0.6 is 0 Å². The summed E-state index contributed by atoms with van der Waals surface area (Å²) in [5, 5.41) is 12.9. The third-order valence-electron chi connectivity index (χ3n) is 8.61. The van der Waals surface area contributed by atoms with Gasteiger partial charge in [0.05, 0.1) is 18.1 Å². The lowest BCUT2D eigenvalue weighted by molar-refractivity contribution is -0.130. The highest BCUT2D eigenvalue weighted by molar-refractivity contribution is 5.73. The van der Waals surface area contributed by atoms with Crippen LogP contribution in [-0.4, -0.2) is 99.7 Å². The Morgan fingerprint density at radius 3 is 2.43 bits per heavy atom. The van der Waals surface area contributed by atoms with Gasteiger partial charge < -0.3 is 9.80 Å². The highest BCUT2D eigenvalue weighted by atomic mass is 16.2. The highest BCUT2D eigenvalue weighted by Gasteiger charge is 2.24. The van der Waals surface area contributed by atoms with Crippen LogP contribution < -0.4 is 4.90 Å². The Morgan fingerprint density at radius 1 is 0.909 bits per heavy atom. The Kier molecular flexibility index (Phi) is 7.69. The maximum atomic E-state index is 11.6. The zero-order valence-electron chi connectivity index (χ0n) is 25.1. The van der Waals surface area contributed by atoms with E-state index in [-0.39, 0.29) is 5.91 Å². The van der Waals surface area contributed by atoms with Gasteiger partial charge in [-0.3, -0.25) is 14.4 Å². The van der Waals surface area contributed by atoms with Crippen molar-refractivity contribution in [3.8, 4) is 22.4 Å². The minimum absolute atomic E-state index is 0.161. The van der Waals surface area contributed by atoms with Gasteiger partial charge in [0.25, 0.3) is 0 Å². The summed E-state index contributed by atoms with van der Waals surface area (Å²) in [5.41, 5.74) is 6.27. The van der Waals surface area contributed by atoms with Gasteiger partial charge in [-0.05, 0) is 29.9 Å². The number of fused-ring (bicyclic) bond motifs is 1. The van der Waals surface area contributed by atoms with Crippen LogP contribution in [0.5, 0.6) is 0 Å². The molecule has 0 saturated carbocycles. The van der Waals surface area contributed by atoms with Crippen molar-refractivity contribution in [3.63, 3.8) is 0 Å². The zero-order chi connectivity index (χ0) is 30.0. The number of aryl methyl sites for hydroxylation is 1. The number of hydrogen-bond acceptors (Lipinski definition) is 10. The molecule has 1 amide bonds. The van der Waals surface area contributed by atoms with Crippen LogP contribution in [0.15, 0.2) is 55.2 Å². The van der Waals surface area contributed by atoms with Gasteiger partial charge in [-0.15, -0.1) is 5.10 Å². The van der Waals surface area contributed by atoms with E-state index in [0.29, 0.717) is 23.8 Å². The van der Waals surface area contributed by atoms with Crippen molar-refractivity contribution >= 4 is 23.1 Å². The fourth-order valence-electron chi connectivity index (χ4n) is 6.13. The standard InChI is InChI=1S/C31H36N12O/c1-22(44)41-12-10-40(11-13-41)18-23-5-7-25(8-6-23)26-14-33-31(34-15-26)42-9-3-4-24(19-42)20-43-30-29(37-38-43)32-17-28(36-30)27-16-35-39(2)21-27/h5-8,14-17,21,24H,3-4,9-13,18-20H2,1-2H3/t24-/m1/s1. The number of hydrogen-bond donors (Lipinski definition) is 0. The molecule has 2 saturated heterocycles. The largest absolute Gasteiger partial charge is 0.340 e. The van der Waals surface area contributed by atoms with Crippen molar-refractivity contribution in [1.82, 2.24) is 54.5 Å². The van der Waals surface area contributed by atoms with E-state index in [1.807, 2.05) is 35.2 Å². The summed E-state index contributed by atoms with van der Waals surface area (Å²) >= 11 is 0. The smallest absolute Gasteiger partial charge is 0.225 e. The number of rotatable bonds is 7. The molecule has 6 heterocycles. The average Bonchev–Trinajstić information content (AvgIpc) is 3.67. The number of amides is 1. The van der Waals surface area contributed by atoms with Crippen molar-refractivity contribution in [2.75, 3.05) is 44.2 Å². The molecule has 1 aromatic carbocycles. The van der Waals surface area contributed by atoms with Gasteiger partial charge in [0.1, 0.15) is 0 Å². The average molecular weight is 593 g/mol. The normalized spacial score (nSPS) is 17.8. The van der Waals surface area contributed by atoms with Crippen LogP contribution in [0.1, 0.15) is 25.3 Å². The maximum absolute atomic E-state index is 11.6. The molecule has 0 N–H and O–H groups in total. The topological polar surface area (TPSA) is 127 Å². The fraction of sp³-hybridized carbons (Fsp3) is 0.419. The summed E-state index contributed by atoms with van der Waals surface area (Å²) in [5.74, 6) is 1.27. The zero-order valence-corrected chi connectivity index (χ0v) is 25.1. The van der Waals surface area contributed by atoms with E-state index < -0.39 is 0 Å². The predicted molar refractivity (Wildman–Crippen MR) is 165 cm³/mol. The number of nitrogens with zero attached hydrogens (tertiary/aromatic N) is 12. The van der Waals surface area contributed by atoms with E-state index >= 15 is 0 Å². The Bertz CT molecular complexity index is 1740. The molecule has 2 fully saturated rings. The fourth-order valence-corrected chi connectivity index (χ4v) is 6.13. The van der Waals surface area contributed by atoms with Gasteiger partial charge in [0.2, 0.25) is 17.5 Å². The van der Waals surface area contributed by atoms with E-state index in [0.717, 1.165) is 87.0 Å². The Hall–Kier alpha value is -4.78. The molecule has 13 heteroatoms. The summed E-state index contributed by atoms with van der Waals surface area (Å²) in [4.78, 5) is 37.0. The van der Waals surface area contributed by atoms with Crippen molar-refractivity contribution in [2.24, 2.45) is 13.0 Å². The van der Waals surface area contributed by atoms with Gasteiger partial charge in [0, 0.05) is 96.0 Å². The minimum atomic E-state index is 0.161. The lowest BCUT2D eigenvalue weighted by Crippen LogP contribution is -2.47. The number of anilines is 1. The Morgan fingerprint density at radius 2 is 1.70 bits per heavy atom. The van der Waals surface area contributed by atoms with Crippen LogP contribution in [0.2, 0.25) is 0 Å². The molecule has 44 heavy (non-hydrogen) atoms. The lowest BCUT2D eigenvalue weighted by atomic mass is 9.98. The van der Waals surface area contributed by atoms with E-state index in [2.05, 4.69) is 54.5 Å². The molecule has 0 unspecified atom stereocenters. The summed E-state index contributed by atoms with van der Waals surface area (Å²) < 4.78 is 3.62. The second-order valence-electron chi connectivity index (χ2n) is 11.8. The SMILES string of the molecule is CC(=O)N1CCN(Cc2ccc(-c3cnc(N4CCC[C@@H](Cn5nnc6ncc(-c7cnn(C)c7)nc65)C4)nc3)cc2)CC1. The number of benzene rings is 1. The first-order valence-corrected chi connectivity index (χ1v) is 15.2. The summed E-state index contributed by atoms with van der Waals surface area (Å²) in [6.45, 7) is 8.42. The molecular formula is C31H36N12O. The van der Waals surface area contributed by atoms with E-state index in [1.165, 1.54) is 5.56 Å². The Labute approximate surface area is 255 Å². The van der Waals surface area contributed by atoms with Crippen LogP contribution in [0.4, 0.5) is 5.95 Å². The number of piperazine rings is 1. The van der Waals surface area contributed by atoms with Gasteiger partial charge >= 0.3 is 0 Å². The number of carbonyl (C=O) groups excluding carboxylic acids is 1. The molecule has 1 atom stereocenters. The second-order valence-corrected chi connectivity index (χ2v) is 11.8. The molecule has 2 aliphatic heterocycles. The molecule has 226 valence electrons. The van der Waals surface area contributed by atoms with Crippen molar-refractivity contribution < 1.29 is 4.79 Å². The molecule has 0 spiro atoms. The quantitative estimate of drug-likeness (QED) is 0.278. The van der Waals surface area contributed by atoms with Gasteiger partial charge in [-0.2, -0.15) is 5.10 Å². The third-order valence-corrected chi connectivity index (χ3v) is 8.61. The number of piperidine rings is 1. The van der Waals surface area contributed by atoms with Crippen LogP contribution in [0.3, 0.4) is 0 Å². The minimum Gasteiger partial charge on any atom is -0.340 e. The summed E-state index contributed by atoms with van der Waals surface area (Å²) in [6, 6.07) is 8.63. The van der Waals surface area contributed by atoms with E-state index in [4.69, 9.17) is 15.0 Å². The molecular weight excluding hydrogens is 556 g/mol. The highest BCUT2D eigenvalue weighted by Crippen LogP contribution is 2.25. The molecule has 2 aliphatic rings. The van der Waals surface area contributed by atoms with Crippen LogP contribution in [0.25, 0.3) is 33.7 Å². The van der Waals surface area contributed by atoms with E-state index in [1.54, 1.807) is 24.0 Å². The van der Waals surface area contributed by atoms with E-state index in [9.17, 15) is 4.79 Å². The maximum Gasteiger partial charge on any atom is 0.225 e. The van der Waals surface area contributed by atoms with Gasteiger partial charge in [-0.1, -0.05) is 29.5 Å². The number of carbonyl (C=O) groups is 1. The third kappa shape index (κ3) is 6.00. The molecule has 13 nitrogen and oxygen atoms in total. The first-order chi connectivity index (χ1) is 21.5. The first kappa shape index (κ1) is 28.0.